The highest BCUT2D eigenvalue weighted by Gasteiger charge is 2.31. The van der Waals surface area contributed by atoms with Gasteiger partial charge in [-0.25, -0.2) is 0 Å². The van der Waals surface area contributed by atoms with Gasteiger partial charge in [-0.15, -0.1) is 0 Å². The Kier molecular flexibility index (Phi) is 6.30. The fourth-order valence-corrected chi connectivity index (χ4v) is 4.13. The van der Waals surface area contributed by atoms with E-state index in [1.807, 2.05) is 18.2 Å². The van der Waals surface area contributed by atoms with Gasteiger partial charge in [0, 0.05) is 19.6 Å². The molecule has 0 aromatic heterocycles. The number of hydrogen-bond donors (Lipinski definition) is 0. The Balaban J connectivity index is 1.59. The maximum Gasteiger partial charge on any atom is 0.314 e. The van der Waals surface area contributed by atoms with E-state index in [9.17, 15) is 4.79 Å². The first-order valence-corrected chi connectivity index (χ1v) is 9.75. The van der Waals surface area contributed by atoms with Crippen LogP contribution in [0.25, 0.3) is 0 Å². The van der Waals surface area contributed by atoms with Crippen molar-refractivity contribution in [2.75, 3.05) is 26.2 Å². The molecule has 1 saturated heterocycles. The molecule has 0 amide bonds. The van der Waals surface area contributed by atoms with Crippen LogP contribution in [-0.2, 0) is 9.53 Å². The van der Waals surface area contributed by atoms with E-state index in [-0.39, 0.29) is 17.8 Å². The highest BCUT2D eigenvalue weighted by molar-refractivity contribution is 5.79. The number of ether oxygens (including phenoxy) is 1. The van der Waals surface area contributed by atoms with Crippen LogP contribution in [-0.4, -0.2) is 37.1 Å². The van der Waals surface area contributed by atoms with Gasteiger partial charge in [-0.3, -0.25) is 9.69 Å². The van der Waals surface area contributed by atoms with Crippen LogP contribution in [0.2, 0.25) is 0 Å². The van der Waals surface area contributed by atoms with E-state index in [4.69, 9.17) is 4.74 Å². The topological polar surface area (TPSA) is 29.5 Å². The SMILES string of the molecule is C[C@@H]1CN(CCOC(=O)[C@@H](c2ccccc2)[C@H]2C=CCCC2)C[C@H]1C. The Hall–Kier alpha value is -1.61. The van der Waals surface area contributed by atoms with Crippen molar-refractivity contribution in [3.8, 4) is 0 Å². The summed E-state index contributed by atoms with van der Waals surface area (Å²) < 4.78 is 5.73. The van der Waals surface area contributed by atoms with Gasteiger partial charge < -0.3 is 4.74 Å². The minimum Gasteiger partial charge on any atom is -0.464 e. The average molecular weight is 341 g/mol. The molecule has 0 unspecified atom stereocenters. The predicted molar refractivity (Wildman–Crippen MR) is 101 cm³/mol. The van der Waals surface area contributed by atoms with Gasteiger partial charge in [-0.05, 0) is 42.6 Å². The molecule has 4 atom stereocenters. The molecular weight excluding hydrogens is 310 g/mol. The average Bonchev–Trinajstić information content (AvgIpc) is 2.95. The lowest BCUT2D eigenvalue weighted by atomic mass is 9.80. The lowest BCUT2D eigenvalue weighted by molar-refractivity contribution is -0.147. The zero-order valence-electron chi connectivity index (χ0n) is 15.6. The summed E-state index contributed by atoms with van der Waals surface area (Å²) in [5, 5.41) is 0. The van der Waals surface area contributed by atoms with E-state index in [0.29, 0.717) is 6.61 Å². The molecule has 0 radical (unpaired) electrons. The van der Waals surface area contributed by atoms with Gasteiger partial charge in [0.25, 0.3) is 0 Å². The second-order valence-corrected chi connectivity index (χ2v) is 7.79. The number of carbonyl (C=O) groups excluding carboxylic acids is 1. The lowest BCUT2D eigenvalue weighted by Gasteiger charge is -2.26. The summed E-state index contributed by atoms with van der Waals surface area (Å²) in [5.74, 6) is 1.49. The minimum atomic E-state index is -0.172. The monoisotopic (exact) mass is 341 g/mol. The minimum absolute atomic E-state index is 0.0666. The number of rotatable bonds is 6. The zero-order chi connectivity index (χ0) is 17.6. The Bertz CT molecular complexity index is 573. The summed E-state index contributed by atoms with van der Waals surface area (Å²) in [6.45, 7) is 8.19. The van der Waals surface area contributed by atoms with Gasteiger partial charge in [0.1, 0.15) is 6.61 Å². The van der Waals surface area contributed by atoms with Crippen LogP contribution in [0.3, 0.4) is 0 Å². The Labute approximate surface area is 152 Å². The van der Waals surface area contributed by atoms with Crippen LogP contribution in [0.1, 0.15) is 44.6 Å². The van der Waals surface area contributed by atoms with E-state index in [1.165, 1.54) is 0 Å². The molecule has 0 saturated carbocycles. The van der Waals surface area contributed by atoms with Crippen molar-refractivity contribution >= 4 is 5.97 Å². The summed E-state index contributed by atoms with van der Waals surface area (Å²) in [5.41, 5.74) is 1.08. The molecule has 3 heteroatoms. The zero-order valence-corrected chi connectivity index (χ0v) is 15.6. The molecule has 3 rings (SSSR count). The molecule has 0 N–H and O–H groups in total. The van der Waals surface area contributed by atoms with Crippen molar-refractivity contribution in [3.63, 3.8) is 0 Å². The summed E-state index contributed by atoms with van der Waals surface area (Å²) in [4.78, 5) is 15.3. The largest absolute Gasteiger partial charge is 0.464 e. The van der Waals surface area contributed by atoms with Gasteiger partial charge in [-0.1, -0.05) is 56.3 Å². The molecule has 1 aliphatic heterocycles. The molecule has 1 aromatic carbocycles. The third kappa shape index (κ3) is 4.72. The van der Waals surface area contributed by atoms with Crippen molar-refractivity contribution < 1.29 is 9.53 Å². The molecule has 136 valence electrons. The maximum atomic E-state index is 12.9. The summed E-state index contributed by atoms with van der Waals surface area (Å²) in [6, 6.07) is 10.1. The summed E-state index contributed by atoms with van der Waals surface area (Å²) in [6.07, 6.45) is 7.77. The van der Waals surface area contributed by atoms with E-state index >= 15 is 0 Å². The van der Waals surface area contributed by atoms with Gasteiger partial charge in [0.2, 0.25) is 0 Å². The normalized spacial score (nSPS) is 28.0. The second kappa shape index (κ2) is 8.66. The Morgan fingerprint density at radius 3 is 2.56 bits per heavy atom. The third-order valence-electron chi connectivity index (χ3n) is 5.85. The molecule has 0 spiro atoms. The quantitative estimate of drug-likeness (QED) is 0.572. The maximum absolute atomic E-state index is 12.9. The lowest BCUT2D eigenvalue weighted by Crippen LogP contribution is -2.29. The first-order chi connectivity index (χ1) is 12.1. The van der Waals surface area contributed by atoms with E-state index in [1.54, 1.807) is 0 Å². The number of hydrogen-bond acceptors (Lipinski definition) is 3. The number of carbonyl (C=O) groups is 1. The first-order valence-electron chi connectivity index (χ1n) is 9.75. The number of allylic oxidation sites excluding steroid dienone is 2. The first kappa shape index (κ1) is 18.2. The van der Waals surface area contributed by atoms with Crippen LogP contribution >= 0.6 is 0 Å². The standard InChI is InChI=1S/C22H31NO2/c1-17-15-23(16-18(17)2)13-14-25-22(24)21(19-9-5-3-6-10-19)20-11-7-4-8-12-20/h3,5-7,9-11,17-18,20-21H,4,8,12-16H2,1-2H3/t17-,18-,20+,21+/m1/s1. The fourth-order valence-electron chi connectivity index (χ4n) is 4.13. The third-order valence-corrected chi connectivity index (χ3v) is 5.85. The van der Waals surface area contributed by atoms with Crippen molar-refractivity contribution in [1.29, 1.82) is 0 Å². The smallest absolute Gasteiger partial charge is 0.314 e. The number of likely N-dealkylation sites (tertiary alicyclic amines) is 1. The number of benzene rings is 1. The molecule has 1 heterocycles. The van der Waals surface area contributed by atoms with Crippen molar-refractivity contribution in [2.45, 2.75) is 39.0 Å². The number of esters is 1. The van der Waals surface area contributed by atoms with E-state index in [2.05, 4.69) is 43.0 Å². The van der Waals surface area contributed by atoms with Crippen LogP contribution in [0.4, 0.5) is 0 Å². The van der Waals surface area contributed by atoms with Crippen LogP contribution in [0.5, 0.6) is 0 Å². The molecule has 0 bridgehead atoms. The molecule has 3 nitrogen and oxygen atoms in total. The van der Waals surface area contributed by atoms with Crippen molar-refractivity contribution in [3.05, 3.63) is 48.0 Å². The molecule has 2 aliphatic rings. The highest BCUT2D eigenvalue weighted by atomic mass is 16.5. The van der Waals surface area contributed by atoms with E-state index in [0.717, 1.165) is 56.3 Å². The molecular formula is C22H31NO2. The van der Waals surface area contributed by atoms with Gasteiger partial charge in [-0.2, -0.15) is 0 Å². The molecule has 1 aromatic rings. The second-order valence-electron chi connectivity index (χ2n) is 7.79. The van der Waals surface area contributed by atoms with Crippen molar-refractivity contribution in [2.24, 2.45) is 17.8 Å². The van der Waals surface area contributed by atoms with Crippen LogP contribution < -0.4 is 0 Å². The van der Waals surface area contributed by atoms with Crippen molar-refractivity contribution in [1.82, 2.24) is 4.90 Å². The Morgan fingerprint density at radius 2 is 1.92 bits per heavy atom. The Morgan fingerprint density at radius 1 is 1.20 bits per heavy atom. The van der Waals surface area contributed by atoms with E-state index < -0.39 is 0 Å². The van der Waals surface area contributed by atoms with Crippen LogP contribution in [0.15, 0.2) is 42.5 Å². The predicted octanol–water partition coefficient (Wildman–Crippen LogP) is 4.26. The fraction of sp³-hybridized carbons (Fsp3) is 0.591. The highest BCUT2D eigenvalue weighted by Crippen LogP contribution is 2.33. The van der Waals surface area contributed by atoms with Crippen LogP contribution in [0, 0.1) is 17.8 Å². The van der Waals surface area contributed by atoms with Gasteiger partial charge in [0.05, 0.1) is 5.92 Å². The van der Waals surface area contributed by atoms with Gasteiger partial charge >= 0.3 is 5.97 Å². The summed E-state index contributed by atoms with van der Waals surface area (Å²) >= 11 is 0. The molecule has 1 fully saturated rings. The number of nitrogens with zero attached hydrogens (tertiary/aromatic N) is 1. The molecule has 25 heavy (non-hydrogen) atoms. The van der Waals surface area contributed by atoms with Gasteiger partial charge in [0.15, 0.2) is 0 Å². The summed E-state index contributed by atoms with van der Waals surface area (Å²) in [7, 11) is 0. The molecule has 1 aliphatic carbocycles.